The fourth-order valence-corrected chi connectivity index (χ4v) is 2.87. The van der Waals surface area contributed by atoms with E-state index in [4.69, 9.17) is 4.74 Å². The van der Waals surface area contributed by atoms with Crippen LogP contribution in [0.4, 0.5) is 11.4 Å². The second kappa shape index (κ2) is 8.97. The largest absolute Gasteiger partial charge is 0.380 e. The zero-order valence-corrected chi connectivity index (χ0v) is 15.9. The van der Waals surface area contributed by atoms with Crippen molar-refractivity contribution in [3.05, 3.63) is 95.1 Å². The van der Waals surface area contributed by atoms with Crippen LogP contribution in [0, 0.1) is 6.92 Å². The van der Waals surface area contributed by atoms with Crippen LogP contribution < -0.4 is 10.6 Å². The number of hydrogen-bond acceptors (Lipinski definition) is 3. The maximum Gasteiger partial charge on any atom is 0.257 e. The van der Waals surface area contributed by atoms with Crippen molar-refractivity contribution in [1.82, 2.24) is 0 Å². The summed E-state index contributed by atoms with van der Waals surface area (Å²) in [5.74, 6) is -0.566. The maximum absolute atomic E-state index is 12.7. The summed E-state index contributed by atoms with van der Waals surface area (Å²) in [7, 11) is 1.61. The molecule has 0 atom stereocenters. The first kappa shape index (κ1) is 19.3. The second-order valence-electron chi connectivity index (χ2n) is 6.46. The average Bonchev–Trinajstić information content (AvgIpc) is 2.69. The summed E-state index contributed by atoms with van der Waals surface area (Å²) in [4.78, 5) is 25.4. The third-order valence-corrected chi connectivity index (χ3v) is 4.20. The van der Waals surface area contributed by atoms with Gasteiger partial charge in [-0.25, -0.2) is 0 Å². The summed E-state index contributed by atoms with van der Waals surface area (Å²) < 4.78 is 5.11. The summed E-state index contributed by atoms with van der Waals surface area (Å²) in [6, 6.07) is 21.7. The lowest BCUT2D eigenvalue weighted by atomic mass is 10.1. The van der Waals surface area contributed by atoms with Crippen LogP contribution in [-0.2, 0) is 11.3 Å². The van der Waals surface area contributed by atoms with Crippen molar-refractivity contribution >= 4 is 23.2 Å². The number of anilines is 2. The van der Waals surface area contributed by atoms with Gasteiger partial charge in [0, 0.05) is 18.4 Å². The number of ether oxygens (including phenoxy) is 1. The summed E-state index contributed by atoms with van der Waals surface area (Å²) >= 11 is 0. The first-order valence-corrected chi connectivity index (χ1v) is 8.93. The van der Waals surface area contributed by atoms with E-state index in [0.717, 1.165) is 11.1 Å². The number of carbonyl (C=O) groups is 2. The standard InChI is InChI=1S/C23H22N2O3/c1-16-7-5-10-19(13-16)24-23(27)20-11-3-4-12-21(20)25-22(26)18-9-6-8-17(14-18)15-28-2/h3-14H,15H2,1-2H3,(H,24,27)(H,25,26). The Kier molecular flexibility index (Phi) is 6.19. The molecule has 0 unspecified atom stereocenters. The smallest absolute Gasteiger partial charge is 0.257 e. The topological polar surface area (TPSA) is 67.4 Å². The van der Waals surface area contributed by atoms with E-state index in [-0.39, 0.29) is 11.8 Å². The Morgan fingerprint density at radius 2 is 1.64 bits per heavy atom. The van der Waals surface area contributed by atoms with Crippen LogP contribution in [0.5, 0.6) is 0 Å². The van der Waals surface area contributed by atoms with Crippen LogP contribution in [0.2, 0.25) is 0 Å². The van der Waals surface area contributed by atoms with Gasteiger partial charge < -0.3 is 15.4 Å². The minimum atomic E-state index is -0.284. The van der Waals surface area contributed by atoms with Crippen molar-refractivity contribution in [1.29, 1.82) is 0 Å². The van der Waals surface area contributed by atoms with Gasteiger partial charge in [-0.1, -0.05) is 36.4 Å². The molecule has 2 N–H and O–H groups in total. The van der Waals surface area contributed by atoms with E-state index >= 15 is 0 Å². The minimum absolute atomic E-state index is 0.283. The zero-order chi connectivity index (χ0) is 19.9. The third-order valence-electron chi connectivity index (χ3n) is 4.20. The van der Waals surface area contributed by atoms with E-state index in [1.807, 2.05) is 37.3 Å². The average molecular weight is 374 g/mol. The number of hydrogen-bond donors (Lipinski definition) is 2. The molecule has 0 aliphatic rings. The number of benzene rings is 3. The molecule has 0 heterocycles. The summed E-state index contributed by atoms with van der Waals surface area (Å²) in [5.41, 5.74) is 4.01. The van der Waals surface area contributed by atoms with E-state index < -0.39 is 0 Å². The van der Waals surface area contributed by atoms with Crippen molar-refractivity contribution in [3.8, 4) is 0 Å². The van der Waals surface area contributed by atoms with Gasteiger partial charge in [0.2, 0.25) is 0 Å². The summed E-state index contributed by atoms with van der Waals surface area (Å²) in [6.45, 7) is 2.39. The van der Waals surface area contributed by atoms with Gasteiger partial charge in [-0.3, -0.25) is 9.59 Å². The molecule has 2 amide bonds. The van der Waals surface area contributed by atoms with Crippen LogP contribution in [0.25, 0.3) is 0 Å². The number of carbonyl (C=O) groups excluding carboxylic acids is 2. The van der Waals surface area contributed by atoms with Crippen LogP contribution in [0.1, 0.15) is 31.8 Å². The molecule has 3 rings (SSSR count). The zero-order valence-electron chi connectivity index (χ0n) is 15.9. The fraction of sp³-hybridized carbons (Fsp3) is 0.130. The van der Waals surface area contributed by atoms with E-state index in [1.54, 1.807) is 49.6 Å². The van der Waals surface area contributed by atoms with Gasteiger partial charge in [-0.15, -0.1) is 0 Å². The second-order valence-corrected chi connectivity index (χ2v) is 6.46. The van der Waals surface area contributed by atoms with Gasteiger partial charge in [0.1, 0.15) is 0 Å². The number of amides is 2. The van der Waals surface area contributed by atoms with E-state index in [2.05, 4.69) is 10.6 Å². The van der Waals surface area contributed by atoms with Crippen LogP contribution in [0.3, 0.4) is 0 Å². The normalized spacial score (nSPS) is 10.4. The van der Waals surface area contributed by atoms with E-state index in [9.17, 15) is 9.59 Å². The first-order chi connectivity index (χ1) is 13.6. The van der Waals surface area contributed by atoms with Crippen LogP contribution >= 0.6 is 0 Å². The molecule has 0 saturated heterocycles. The molecule has 142 valence electrons. The lowest BCUT2D eigenvalue weighted by Crippen LogP contribution is -2.18. The first-order valence-electron chi connectivity index (χ1n) is 8.93. The number of para-hydroxylation sites is 1. The molecule has 0 bridgehead atoms. The Hall–Kier alpha value is -3.44. The molecule has 0 radical (unpaired) electrons. The highest BCUT2D eigenvalue weighted by Crippen LogP contribution is 2.19. The molecule has 0 aliphatic carbocycles. The lowest BCUT2D eigenvalue weighted by Gasteiger charge is -2.12. The van der Waals surface area contributed by atoms with Gasteiger partial charge in [0.05, 0.1) is 17.9 Å². The Morgan fingerprint density at radius 3 is 2.43 bits per heavy atom. The van der Waals surface area contributed by atoms with Crippen molar-refractivity contribution in [2.75, 3.05) is 17.7 Å². The molecule has 28 heavy (non-hydrogen) atoms. The highest BCUT2D eigenvalue weighted by Gasteiger charge is 2.14. The Morgan fingerprint density at radius 1 is 0.857 bits per heavy atom. The monoisotopic (exact) mass is 374 g/mol. The Bertz CT molecular complexity index is 998. The molecule has 0 saturated carbocycles. The quantitative estimate of drug-likeness (QED) is 0.660. The van der Waals surface area contributed by atoms with Gasteiger partial charge >= 0.3 is 0 Å². The minimum Gasteiger partial charge on any atom is -0.380 e. The predicted molar refractivity (Wildman–Crippen MR) is 111 cm³/mol. The molecule has 5 nitrogen and oxygen atoms in total. The molecular formula is C23H22N2O3. The molecular weight excluding hydrogens is 352 g/mol. The van der Waals surface area contributed by atoms with Gasteiger partial charge in [0.15, 0.2) is 0 Å². The van der Waals surface area contributed by atoms with Crippen molar-refractivity contribution in [2.45, 2.75) is 13.5 Å². The molecule has 0 spiro atoms. The molecule has 0 fully saturated rings. The number of nitrogens with one attached hydrogen (secondary N) is 2. The Labute approximate surface area is 164 Å². The highest BCUT2D eigenvalue weighted by atomic mass is 16.5. The number of methoxy groups -OCH3 is 1. The lowest BCUT2D eigenvalue weighted by molar-refractivity contribution is 0.102. The highest BCUT2D eigenvalue weighted by molar-refractivity contribution is 6.12. The maximum atomic E-state index is 12.7. The molecule has 0 aromatic heterocycles. The summed E-state index contributed by atoms with van der Waals surface area (Å²) in [5, 5.41) is 5.71. The molecule has 0 aliphatic heterocycles. The number of rotatable bonds is 6. The van der Waals surface area contributed by atoms with Crippen molar-refractivity contribution < 1.29 is 14.3 Å². The van der Waals surface area contributed by atoms with E-state index in [0.29, 0.717) is 29.1 Å². The van der Waals surface area contributed by atoms with Gasteiger partial charge in [0.25, 0.3) is 11.8 Å². The SMILES string of the molecule is COCc1cccc(C(=O)Nc2ccccc2C(=O)Nc2cccc(C)c2)c1. The summed E-state index contributed by atoms with van der Waals surface area (Å²) in [6.07, 6.45) is 0. The van der Waals surface area contributed by atoms with Crippen molar-refractivity contribution in [3.63, 3.8) is 0 Å². The molecule has 3 aromatic rings. The van der Waals surface area contributed by atoms with Crippen molar-refractivity contribution in [2.24, 2.45) is 0 Å². The van der Waals surface area contributed by atoms with Gasteiger partial charge in [-0.2, -0.15) is 0 Å². The molecule has 3 aromatic carbocycles. The van der Waals surface area contributed by atoms with Crippen LogP contribution in [-0.4, -0.2) is 18.9 Å². The predicted octanol–water partition coefficient (Wildman–Crippen LogP) is 4.65. The fourth-order valence-electron chi connectivity index (χ4n) is 2.87. The van der Waals surface area contributed by atoms with E-state index in [1.165, 1.54) is 0 Å². The molecule has 5 heteroatoms. The third kappa shape index (κ3) is 4.84. The van der Waals surface area contributed by atoms with Crippen LogP contribution in [0.15, 0.2) is 72.8 Å². The van der Waals surface area contributed by atoms with Gasteiger partial charge in [-0.05, 0) is 54.4 Å². The number of aryl methyl sites for hydroxylation is 1. The Balaban J connectivity index is 1.79.